The molecule has 0 atom stereocenters. The second-order valence-corrected chi connectivity index (χ2v) is 5.87. The van der Waals surface area contributed by atoms with Gasteiger partial charge in [-0.1, -0.05) is 48.5 Å². The van der Waals surface area contributed by atoms with Crippen molar-refractivity contribution in [1.82, 2.24) is 14.5 Å². The van der Waals surface area contributed by atoms with E-state index in [0.717, 1.165) is 33.9 Å². The van der Waals surface area contributed by atoms with Gasteiger partial charge in [0.2, 0.25) is 0 Å². The number of nitrogens with two attached hydrogens (primary N) is 1. The summed E-state index contributed by atoms with van der Waals surface area (Å²) in [6.07, 6.45) is 5.61. The van der Waals surface area contributed by atoms with E-state index in [9.17, 15) is 0 Å². The minimum atomic E-state index is 0.698. The van der Waals surface area contributed by atoms with Gasteiger partial charge in [-0.25, -0.2) is 4.98 Å². The first-order valence-corrected chi connectivity index (χ1v) is 8.17. The second kappa shape index (κ2) is 6.61. The van der Waals surface area contributed by atoms with Crippen LogP contribution in [0.4, 0.5) is 5.69 Å². The van der Waals surface area contributed by atoms with Gasteiger partial charge in [0.05, 0.1) is 12.2 Å². The summed E-state index contributed by atoms with van der Waals surface area (Å²) < 4.78 is 2.11. The minimum absolute atomic E-state index is 0.698. The molecule has 0 aliphatic rings. The molecule has 4 nitrogen and oxygen atoms in total. The number of para-hydroxylation sites is 1. The molecule has 0 bridgehead atoms. The largest absolute Gasteiger partial charge is 0.398 e. The number of hydrogen-bond donors (Lipinski definition) is 1. The Morgan fingerprint density at radius 3 is 2.28 bits per heavy atom. The fourth-order valence-corrected chi connectivity index (χ4v) is 2.88. The quantitative estimate of drug-likeness (QED) is 0.571. The van der Waals surface area contributed by atoms with E-state index in [-0.39, 0.29) is 0 Å². The molecule has 4 heteroatoms. The summed E-state index contributed by atoms with van der Waals surface area (Å²) in [7, 11) is 0. The molecule has 0 saturated carbocycles. The summed E-state index contributed by atoms with van der Waals surface area (Å²) in [4.78, 5) is 8.91. The zero-order chi connectivity index (χ0) is 17.1. The number of nitrogens with zero attached hydrogens (tertiary/aromatic N) is 3. The first-order valence-electron chi connectivity index (χ1n) is 8.17. The topological polar surface area (TPSA) is 56.7 Å². The van der Waals surface area contributed by atoms with Crippen LogP contribution in [-0.2, 0) is 6.54 Å². The van der Waals surface area contributed by atoms with Crippen LogP contribution in [0.1, 0.15) is 5.56 Å². The van der Waals surface area contributed by atoms with Crippen LogP contribution < -0.4 is 5.73 Å². The molecule has 2 aromatic heterocycles. The number of rotatable bonds is 4. The number of anilines is 1. The van der Waals surface area contributed by atoms with Crippen LogP contribution in [0.5, 0.6) is 0 Å². The number of hydrogen-bond acceptors (Lipinski definition) is 3. The zero-order valence-electron chi connectivity index (χ0n) is 13.7. The highest BCUT2D eigenvalue weighted by atomic mass is 15.1. The molecular weight excluding hydrogens is 308 g/mol. The summed E-state index contributed by atoms with van der Waals surface area (Å²) in [5.41, 5.74) is 11.1. The molecule has 0 radical (unpaired) electrons. The lowest BCUT2D eigenvalue weighted by molar-refractivity contribution is 0.809. The second-order valence-electron chi connectivity index (χ2n) is 5.87. The van der Waals surface area contributed by atoms with Gasteiger partial charge in [-0.2, -0.15) is 0 Å². The van der Waals surface area contributed by atoms with Gasteiger partial charge in [0.25, 0.3) is 0 Å². The first-order chi connectivity index (χ1) is 12.3. The molecule has 0 aliphatic heterocycles. The fourth-order valence-electron chi connectivity index (χ4n) is 2.88. The molecule has 4 aromatic rings. The van der Waals surface area contributed by atoms with Gasteiger partial charge in [-0.05, 0) is 23.8 Å². The third-order valence-corrected chi connectivity index (χ3v) is 4.22. The van der Waals surface area contributed by atoms with Crippen molar-refractivity contribution in [3.8, 4) is 22.6 Å². The molecule has 2 aromatic carbocycles. The number of benzene rings is 2. The summed E-state index contributed by atoms with van der Waals surface area (Å²) in [6, 6.07) is 22.2. The Bertz CT molecular complexity index is 972. The summed E-state index contributed by atoms with van der Waals surface area (Å²) >= 11 is 0. The lowest BCUT2D eigenvalue weighted by atomic mass is 10.1. The molecule has 0 fully saturated rings. The number of nitrogen functional groups attached to an aromatic ring is 1. The maximum Gasteiger partial charge on any atom is 0.140 e. The third-order valence-electron chi connectivity index (χ3n) is 4.22. The molecule has 25 heavy (non-hydrogen) atoms. The maximum atomic E-state index is 6.07. The molecule has 0 spiro atoms. The van der Waals surface area contributed by atoms with Crippen LogP contribution in [0.25, 0.3) is 22.6 Å². The van der Waals surface area contributed by atoms with E-state index < -0.39 is 0 Å². The van der Waals surface area contributed by atoms with Gasteiger partial charge in [-0.3, -0.25) is 4.98 Å². The lowest BCUT2D eigenvalue weighted by Crippen LogP contribution is -2.03. The van der Waals surface area contributed by atoms with Crippen LogP contribution in [-0.4, -0.2) is 14.5 Å². The van der Waals surface area contributed by atoms with Gasteiger partial charge in [0.15, 0.2) is 0 Å². The maximum absolute atomic E-state index is 6.07. The predicted molar refractivity (Wildman–Crippen MR) is 101 cm³/mol. The third kappa shape index (κ3) is 3.15. The highest BCUT2D eigenvalue weighted by Crippen LogP contribution is 2.24. The standard InChI is InChI=1S/C21H18N4/c22-19-6-2-1-5-18(19)15-25-14-13-24-21(25)17-10-8-16(9-11-17)20-7-3-4-12-23-20/h1-14H,15,22H2. The van der Waals surface area contributed by atoms with E-state index in [2.05, 4.69) is 38.8 Å². The molecule has 4 rings (SSSR count). The zero-order valence-corrected chi connectivity index (χ0v) is 13.7. The van der Waals surface area contributed by atoms with Crippen LogP contribution in [0.2, 0.25) is 0 Å². The Kier molecular flexibility index (Phi) is 4.01. The number of imidazole rings is 1. The Labute approximate surface area is 146 Å². The van der Waals surface area contributed by atoms with Crippen molar-refractivity contribution in [1.29, 1.82) is 0 Å². The molecule has 0 aliphatic carbocycles. The van der Waals surface area contributed by atoms with Crippen LogP contribution >= 0.6 is 0 Å². The Morgan fingerprint density at radius 1 is 0.760 bits per heavy atom. The molecule has 0 saturated heterocycles. The fraction of sp³-hybridized carbons (Fsp3) is 0.0476. The van der Waals surface area contributed by atoms with Gasteiger partial charge in [0, 0.05) is 35.4 Å². The molecular formula is C21H18N4. The van der Waals surface area contributed by atoms with Gasteiger partial charge in [-0.15, -0.1) is 0 Å². The SMILES string of the molecule is Nc1ccccc1Cn1ccnc1-c1ccc(-c2ccccn2)cc1. The molecule has 2 heterocycles. The van der Waals surface area contributed by atoms with Crippen molar-refractivity contribution < 1.29 is 0 Å². The first kappa shape index (κ1) is 15.1. The van der Waals surface area contributed by atoms with Crippen molar-refractivity contribution >= 4 is 5.69 Å². The molecule has 0 amide bonds. The highest BCUT2D eigenvalue weighted by molar-refractivity contribution is 5.65. The van der Waals surface area contributed by atoms with E-state index in [1.165, 1.54) is 0 Å². The van der Waals surface area contributed by atoms with Gasteiger partial charge < -0.3 is 10.3 Å². The van der Waals surface area contributed by atoms with Gasteiger partial charge in [0.1, 0.15) is 5.82 Å². The Hall–Kier alpha value is -3.40. The average molecular weight is 326 g/mol. The van der Waals surface area contributed by atoms with Crippen LogP contribution in [0.3, 0.4) is 0 Å². The predicted octanol–water partition coefficient (Wildman–Crippen LogP) is 4.24. The summed E-state index contributed by atoms with van der Waals surface area (Å²) in [5, 5.41) is 0. The Balaban J connectivity index is 1.63. The van der Waals surface area contributed by atoms with E-state index in [1.807, 2.05) is 54.9 Å². The average Bonchev–Trinajstić information content (AvgIpc) is 3.13. The van der Waals surface area contributed by atoms with Crippen LogP contribution in [0, 0.1) is 0 Å². The minimum Gasteiger partial charge on any atom is -0.398 e. The molecule has 122 valence electrons. The molecule has 2 N–H and O–H groups in total. The number of aromatic nitrogens is 3. The van der Waals surface area contributed by atoms with E-state index >= 15 is 0 Å². The van der Waals surface area contributed by atoms with Gasteiger partial charge >= 0.3 is 0 Å². The normalized spacial score (nSPS) is 10.7. The lowest BCUT2D eigenvalue weighted by Gasteiger charge is -2.10. The summed E-state index contributed by atoms with van der Waals surface area (Å²) in [6.45, 7) is 0.698. The van der Waals surface area contributed by atoms with Crippen molar-refractivity contribution in [2.24, 2.45) is 0 Å². The highest BCUT2D eigenvalue weighted by Gasteiger charge is 2.08. The number of pyridine rings is 1. The Morgan fingerprint density at radius 2 is 1.52 bits per heavy atom. The van der Waals surface area contributed by atoms with Crippen molar-refractivity contribution in [2.45, 2.75) is 6.54 Å². The summed E-state index contributed by atoms with van der Waals surface area (Å²) in [5.74, 6) is 0.927. The van der Waals surface area contributed by atoms with Crippen molar-refractivity contribution in [3.63, 3.8) is 0 Å². The van der Waals surface area contributed by atoms with Crippen LogP contribution in [0.15, 0.2) is 85.3 Å². The smallest absolute Gasteiger partial charge is 0.140 e. The van der Waals surface area contributed by atoms with Crippen molar-refractivity contribution in [3.05, 3.63) is 90.9 Å². The monoisotopic (exact) mass is 326 g/mol. The molecule has 0 unspecified atom stereocenters. The van der Waals surface area contributed by atoms with E-state index in [0.29, 0.717) is 6.54 Å². The van der Waals surface area contributed by atoms with Crippen molar-refractivity contribution in [2.75, 3.05) is 5.73 Å². The van der Waals surface area contributed by atoms with E-state index in [4.69, 9.17) is 5.73 Å². The van der Waals surface area contributed by atoms with E-state index in [1.54, 1.807) is 6.20 Å².